The molecule has 0 saturated heterocycles. The van der Waals surface area contributed by atoms with Crippen LogP contribution in [0.25, 0.3) is 11.3 Å². The lowest BCUT2D eigenvalue weighted by Crippen LogP contribution is -2.40. The zero-order valence-corrected chi connectivity index (χ0v) is 26.5. The first-order valence-electron chi connectivity index (χ1n) is 15.0. The van der Waals surface area contributed by atoms with Crippen LogP contribution in [0.5, 0.6) is 0 Å². The fourth-order valence-electron chi connectivity index (χ4n) is 4.78. The van der Waals surface area contributed by atoms with Gasteiger partial charge in [-0.05, 0) is 48.0 Å². The Morgan fingerprint density at radius 1 is 0.956 bits per heavy atom. The van der Waals surface area contributed by atoms with Crippen LogP contribution in [0.1, 0.15) is 36.1 Å². The second-order valence-electron chi connectivity index (χ2n) is 10.6. The number of carbonyl (C=O) groups is 1. The van der Waals surface area contributed by atoms with Crippen LogP contribution < -0.4 is 5.56 Å². The van der Waals surface area contributed by atoms with Gasteiger partial charge < -0.3 is 19.5 Å². The van der Waals surface area contributed by atoms with Gasteiger partial charge in [-0.3, -0.25) is 14.6 Å². The number of aliphatic hydroxyl groups is 1. The van der Waals surface area contributed by atoms with Crippen molar-refractivity contribution >= 4 is 17.7 Å². The lowest BCUT2D eigenvalue weighted by Gasteiger charge is -2.27. The van der Waals surface area contributed by atoms with Gasteiger partial charge in [0.05, 0.1) is 5.69 Å². The molecule has 0 atom stereocenters. The molecule has 0 bridgehead atoms. The van der Waals surface area contributed by atoms with E-state index in [-0.39, 0.29) is 31.3 Å². The van der Waals surface area contributed by atoms with Crippen molar-refractivity contribution in [3.8, 4) is 11.3 Å². The minimum atomic E-state index is -0.517. The smallest absolute Gasteiger partial charge is 0.276 e. The van der Waals surface area contributed by atoms with E-state index in [1.54, 1.807) is 46.1 Å². The number of alkyl halides is 1. The summed E-state index contributed by atoms with van der Waals surface area (Å²) in [5.74, 6) is -0.0582. The van der Waals surface area contributed by atoms with Gasteiger partial charge in [0.1, 0.15) is 19.0 Å². The minimum Gasteiger partial charge on any atom is -0.396 e. The third-order valence-electron chi connectivity index (χ3n) is 7.53. The number of nitrogens with zero attached hydrogens (tertiary/aromatic N) is 5. The van der Waals surface area contributed by atoms with E-state index < -0.39 is 12.2 Å². The standard InChI is InChI=1S/C34H39F2N5O3S/c1-3-39(4-2)16-17-40(21-27-9-14-31(37-20-27)28-10-5-25(19-35)6-11-28)32(43)23-41-22-29(15-18-42)33(44)38-34(41)45-24-26-7-12-30(36)13-8-26/h5-14,20,22,42H,3-4,15-19,21,23-24H2,1-2H3. The summed E-state index contributed by atoms with van der Waals surface area (Å²) in [7, 11) is 0. The minimum absolute atomic E-state index is 0.0534. The van der Waals surface area contributed by atoms with Gasteiger partial charge in [-0.1, -0.05) is 68.1 Å². The first kappa shape index (κ1) is 34.0. The van der Waals surface area contributed by atoms with Gasteiger partial charge in [0.15, 0.2) is 5.16 Å². The van der Waals surface area contributed by atoms with Crippen molar-refractivity contribution in [3.05, 3.63) is 111 Å². The highest BCUT2D eigenvalue weighted by molar-refractivity contribution is 7.98. The summed E-state index contributed by atoms with van der Waals surface area (Å²) in [5, 5.41) is 9.85. The van der Waals surface area contributed by atoms with Crippen LogP contribution in [-0.2, 0) is 36.7 Å². The molecular weight excluding hydrogens is 596 g/mol. The highest BCUT2D eigenvalue weighted by Crippen LogP contribution is 2.22. The summed E-state index contributed by atoms with van der Waals surface area (Å²) in [6.07, 6.45) is 3.48. The molecule has 0 aliphatic carbocycles. The first-order chi connectivity index (χ1) is 21.8. The number of benzene rings is 2. The number of aliphatic hydroxyl groups excluding tert-OH is 1. The van der Waals surface area contributed by atoms with Crippen molar-refractivity contribution in [1.82, 2.24) is 24.3 Å². The second-order valence-corrected chi connectivity index (χ2v) is 11.5. The molecule has 0 unspecified atom stereocenters. The molecule has 4 aromatic rings. The molecule has 2 aromatic heterocycles. The molecule has 1 N–H and O–H groups in total. The van der Waals surface area contributed by atoms with Gasteiger partial charge in [0.25, 0.3) is 5.56 Å². The zero-order chi connectivity index (χ0) is 32.2. The first-order valence-corrected chi connectivity index (χ1v) is 16.0. The average molecular weight is 636 g/mol. The van der Waals surface area contributed by atoms with Crippen molar-refractivity contribution < 1.29 is 18.7 Å². The van der Waals surface area contributed by atoms with E-state index >= 15 is 0 Å². The zero-order valence-electron chi connectivity index (χ0n) is 25.7. The molecule has 0 aliphatic heterocycles. The van der Waals surface area contributed by atoms with Crippen molar-refractivity contribution in [2.24, 2.45) is 0 Å². The van der Waals surface area contributed by atoms with E-state index in [1.807, 2.05) is 24.3 Å². The summed E-state index contributed by atoms with van der Waals surface area (Å²) in [6, 6.07) is 17.1. The number of pyridine rings is 1. The summed E-state index contributed by atoms with van der Waals surface area (Å²) >= 11 is 1.29. The Morgan fingerprint density at radius 2 is 1.64 bits per heavy atom. The maximum Gasteiger partial charge on any atom is 0.276 e. The van der Waals surface area contributed by atoms with E-state index in [1.165, 1.54) is 23.9 Å². The van der Waals surface area contributed by atoms with Crippen LogP contribution in [0.4, 0.5) is 8.78 Å². The molecule has 238 valence electrons. The number of carbonyl (C=O) groups excluding carboxylic acids is 1. The van der Waals surface area contributed by atoms with Crippen LogP contribution in [0.15, 0.2) is 83.0 Å². The Balaban J connectivity index is 1.56. The lowest BCUT2D eigenvalue weighted by atomic mass is 10.1. The fourth-order valence-corrected chi connectivity index (χ4v) is 5.70. The molecule has 4 rings (SSSR count). The SMILES string of the molecule is CCN(CC)CCN(Cc1ccc(-c2ccc(CF)cc2)nc1)C(=O)Cn1cc(CCO)c(=O)nc1SCc1ccc(F)cc1. The molecule has 45 heavy (non-hydrogen) atoms. The average Bonchev–Trinajstić information content (AvgIpc) is 3.06. The largest absolute Gasteiger partial charge is 0.396 e. The molecule has 2 aromatic carbocycles. The summed E-state index contributed by atoms with van der Waals surface area (Å²) in [4.78, 5) is 39.5. The number of amides is 1. The van der Waals surface area contributed by atoms with Gasteiger partial charge in [-0.25, -0.2) is 8.78 Å². The third kappa shape index (κ3) is 9.78. The molecule has 11 heteroatoms. The number of hydrogen-bond donors (Lipinski definition) is 1. The lowest BCUT2D eigenvalue weighted by molar-refractivity contribution is -0.132. The van der Waals surface area contributed by atoms with Crippen molar-refractivity contribution in [2.75, 3.05) is 32.8 Å². The van der Waals surface area contributed by atoms with Gasteiger partial charge >= 0.3 is 0 Å². The van der Waals surface area contributed by atoms with Gasteiger partial charge in [-0.2, -0.15) is 4.98 Å². The van der Waals surface area contributed by atoms with Gasteiger partial charge in [0.2, 0.25) is 5.91 Å². The van der Waals surface area contributed by atoms with E-state index in [2.05, 4.69) is 28.7 Å². The fraction of sp³-hybridized carbons (Fsp3) is 0.353. The maximum absolute atomic E-state index is 13.9. The second kappa shape index (κ2) is 17.0. The summed E-state index contributed by atoms with van der Waals surface area (Å²) in [6.45, 7) is 6.60. The Labute approximate surface area is 266 Å². The van der Waals surface area contributed by atoms with Gasteiger partial charge in [-0.15, -0.1) is 0 Å². The number of aromatic nitrogens is 3. The maximum atomic E-state index is 13.9. The van der Waals surface area contributed by atoms with Crippen molar-refractivity contribution in [1.29, 1.82) is 0 Å². The van der Waals surface area contributed by atoms with E-state index in [0.717, 1.165) is 35.5 Å². The van der Waals surface area contributed by atoms with Crippen molar-refractivity contribution in [2.45, 2.75) is 50.9 Å². The van der Waals surface area contributed by atoms with Crippen LogP contribution in [-0.4, -0.2) is 68.1 Å². The van der Waals surface area contributed by atoms with Gasteiger partial charge in [0, 0.05) is 61.9 Å². The molecule has 0 spiro atoms. The summed E-state index contributed by atoms with van der Waals surface area (Å²) < 4.78 is 28.0. The number of likely N-dealkylation sites (N-methyl/N-ethyl adjacent to an activating group) is 1. The Bertz CT molecular complexity index is 1580. The summed E-state index contributed by atoms with van der Waals surface area (Å²) in [5.41, 5.74) is 3.83. The topological polar surface area (TPSA) is 91.6 Å². The quantitative estimate of drug-likeness (QED) is 0.135. The number of rotatable bonds is 16. The van der Waals surface area contributed by atoms with Crippen LogP contribution in [0.2, 0.25) is 0 Å². The molecule has 0 radical (unpaired) electrons. The highest BCUT2D eigenvalue weighted by Gasteiger charge is 2.19. The van der Waals surface area contributed by atoms with E-state index in [4.69, 9.17) is 0 Å². The Morgan fingerprint density at radius 3 is 2.27 bits per heavy atom. The molecule has 1 amide bonds. The Kier molecular flexibility index (Phi) is 12.8. The van der Waals surface area contributed by atoms with E-state index in [9.17, 15) is 23.5 Å². The number of thioether (sulfide) groups is 1. The predicted octanol–water partition coefficient (Wildman–Crippen LogP) is 5.11. The van der Waals surface area contributed by atoms with E-state index in [0.29, 0.717) is 41.7 Å². The van der Waals surface area contributed by atoms with Crippen LogP contribution in [0.3, 0.4) is 0 Å². The number of halogens is 2. The van der Waals surface area contributed by atoms with Crippen molar-refractivity contribution in [3.63, 3.8) is 0 Å². The molecule has 0 fully saturated rings. The van der Waals surface area contributed by atoms with Crippen LogP contribution >= 0.6 is 11.8 Å². The highest BCUT2D eigenvalue weighted by atomic mass is 32.2. The monoisotopic (exact) mass is 635 g/mol. The molecule has 2 heterocycles. The number of hydrogen-bond acceptors (Lipinski definition) is 7. The third-order valence-corrected chi connectivity index (χ3v) is 8.59. The van der Waals surface area contributed by atoms with Crippen LogP contribution in [0, 0.1) is 5.82 Å². The predicted molar refractivity (Wildman–Crippen MR) is 173 cm³/mol. The Hall–Kier alpha value is -3.93. The molecule has 0 aliphatic rings. The molecular formula is C34H39F2N5O3S. The normalized spacial score (nSPS) is 11.2. The molecule has 0 saturated carbocycles. The molecule has 8 nitrogen and oxygen atoms in total.